The maximum Gasteiger partial charge on any atom is 0.119 e. The predicted molar refractivity (Wildman–Crippen MR) is 58.5 cm³/mol. The van der Waals surface area contributed by atoms with Gasteiger partial charge in [-0.3, -0.25) is 0 Å². The van der Waals surface area contributed by atoms with Gasteiger partial charge in [0, 0.05) is 5.69 Å². The first-order chi connectivity index (χ1) is 6.79. The van der Waals surface area contributed by atoms with Crippen LogP contribution < -0.4 is 10.5 Å². The molecule has 2 heteroatoms. The molecule has 1 saturated carbocycles. The van der Waals surface area contributed by atoms with Crippen LogP contribution in [0.1, 0.15) is 25.3 Å². The summed E-state index contributed by atoms with van der Waals surface area (Å²) < 4.78 is 5.67. The SMILES string of the molecule is CCc1cc(OCC2CC2)ccc1N. The summed E-state index contributed by atoms with van der Waals surface area (Å²) in [5.74, 6) is 1.76. The van der Waals surface area contributed by atoms with Crippen molar-refractivity contribution in [3.63, 3.8) is 0 Å². The van der Waals surface area contributed by atoms with E-state index >= 15 is 0 Å². The van der Waals surface area contributed by atoms with Gasteiger partial charge in [-0.1, -0.05) is 6.92 Å². The summed E-state index contributed by atoms with van der Waals surface area (Å²) >= 11 is 0. The van der Waals surface area contributed by atoms with E-state index in [9.17, 15) is 0 Å². The summed E-state index contributed by atoms with van der Waals surface area (Å²) in [6.07, 6.45) is 3.62. The van der Waals surface area contributed by atoms with Crippen LogP contribution in [-0.2, 0) is 6.42 Å². The lowest BCUT2D eigenvalue weighted by molar-refractivity contribution is 0.299. The minimum atomic E-state index is 0.803. The van der Waals surface area contributed by atoms with E-state index in [-0.39, 0.29) is 0 Å². The number of benzene rings is 1. The molecule has 1 aromatic rings. The molecule has 0 bridgehead atoms. The van der Waals surface area contributed by atoms with Gasteiger partial charge in [0.25, 0.3) is 0 Å². The topological polar surface area (TPSA) is 35.2 Å². The van der Waals surface area contributed by atoms with Gasteiger partial charge in [-0.2, -0.15) is 0 Å². The van der Waals surface area contributed by atoms with Crippen LogP contribution in [0, 0.1) is 5.92 Å². The Kier molecular flexibility index (Phi) is 2.62. The van der Waals surface area contributed by atoms with Crippen LogP contribution in [0.3, 0.4) is 0 Å². The number of anilines is 1. The van der Waals surface area contributed by atoms with Crippen molar-refractivity contribution in [2.75, 3.05) is 12.3 Å². The monoisotopic (exact) mass is 191 g/mol. The zero-order valence-corrected chi connectivity index (χ0v) is 8.62. The van der Waals surface area contributed by atoms with Crippen molar-refractivity contribution in [3.8, 4) is 5.75 Å². The summed E-state index contributed by atoms with van der Waals surface area (Å²) in [6, 6.07) is 5.94. The van der Waals surface area contributed by atoms with Gasteiger partial charge in [0.1, 0.15) is 5.75 Å². The minimum absolute atomic E-state index is 0.803. The number of nitrogen functional groups attached to an aromatic ring is 1. The van der Waals surface area contributed by atoms with Crippen LogP contribution in [0.5, 0.6) is 5.75 Å². The van der Waals surface area contributed by atoms with Crippen LogP contribution in [0.15, 0.2) is 18.2 Å². The molecule has 14 heavy (non-hydrogen) atoms. The molecular weight excluding hydrogens is 174 g/mol. The van der Waals surface area contributed by atoms with Gasteiger partial charge in [-0.25, -0.2) is 0 Å². The quantitative estimate of drug-likeness (QED) is 0.742. The lowest BCUT2D eigenvalue weighted by atomic mass is 10.1. The molecule has 0 heterocycles. The first-order valence-corrected chi connectivity index (χ1v) is 5.30. The second-order valence-electron chi connectivity index (χ2n) is 3.97. The number of ether oxygens (including phenoxy) is 1. The molecule has 0 saturated heterocycles. The molecule has 0 spiro atoms. The molecular formula is C12H17NO. The Bertz CT molecular complexity index is 318. The fourth-order valence-electron chi connectivity index (χ4n) is 1.48. The lowest BCUT2D eigenvalue weighted by Crippen LogP contribution is -2.00. The van der Waals surface area contributed by atoms with Crippen LogP contribution in [-0.4, -0.2) is 6.61 Å². The maximum absolute atomic E-state index is 5.81. The highest BCUT2D eigenvalue weighted by Crippen LogP contribution is 2.30. The standard InChI is InChI=1S/C12H17NO/c1-2-10-7-11(5-6-12(10)13)14-8-9-3-4-9/h5-7,9H,2-4,8,13H2,1H3. The average molecular weight is 191 g/mol. The Morgan fingerprint density at radius 3 is 2.86 bits per heavy atom. The van der Waals surface area contributed by atoms with Crippen molar-refractivity contribution >= 4 is 5.69 Å². The fourth-order valence-corrected chi connectivity index (χ4v) is 1.48. The van der Waals surface area contributed by atoms with Crippen LogP contribution >= 0.6 is 0 Å². The average Bonchev–Trinajstić information content (AvgIpc) is 3.00. The van der Waals surface area contributed by atoms with Crippen LogP contribution in [0.2, 0.25) is 0 Å². The highest BCUT2D eigenvalue weighted by molar-refractivity contribution is 5.50. The first-order valence-electron chi connectivity index (χ1n) is 5.30. The van der Waals surface area contributed by atoms with E-state index in [0.29, 0.717) is 0 Å². The van der Waals surface area contributed by atoms with Gasteiger partial charge in [0.15, 0.2) is 0 Å². The molecule has 1 aliphatic carbocycles. The Hall–Kier alpha value is -1.18. The summed E-state index contributed by atoms with van der Waals surface area (Å²) in [5, 5.41) is 0. The highest BCUT2D eigenvalue weighted by Gasteiger charge is 2.21. The van der Waals surface area contributed by atoms with Crippen LogP contribution in [0.25, 0.3) is 0 Å². The predicted octanol–water partition coefficient (Wildman–Crippen LogP) is 2.62. The van der Waals surface area contributed by atoms with E-state index in [1.54, 1.807) is 0 Å². The van der Waals surface area contributed by atoms with Gasteiger partial charge in [-0.15, -0.1) is 0 Å². The van der Waals surface area contributed by atoms with Crippen molar-refractivity contribution in [2.45, 2.75) is 26.2 Å². The second kappa shape index (κ2) is 3.91. The Balaban J connectivity index is 2.01. The van der Waals surface area contributed by atoms with Crippen molar-refractivity contribution in [2.24, 2.45) is 5.92 Å². The second-order valence-corrected chi connectivity index (χ2v) is 3.97. The smallest absolute Gasteiger partial charge is 0.119 e. The summed E-state index contributed by atoms with van der Waals surface area (Å²) in [7, 11) is 0. The Morgan fingerprint density at radius 2 is 2.21 bits per heavy atom. The van der Waals surface area contributed by atoms with Crippen LogP contribution in [0.4, 0.5) is 5.69 Å². The van der Waals surface area contributed by atoms with E-state index in [4.69, 9.17) is 10.5 Å². The van der Waals surface area contributed by atoms with Crippen molar-refractivity contribution < 1.29 is 4.74 Å². The summed E-state index contributed by atoms with van der Waals surface area (Å²) in [5.41, 5.74) is 7.86. The molecule has 0 aliphatic heterocycles. The normalized spacial score (nSPS) is 15.5. The van der Waals surface area contributed by atoms with E-state index < -0.39 is 0 Å². The van der Waals surface area contributed by atoms with Crippen molar-refractivity contribution in [1.29, 1.82) is 0 Å². The largest absolute Gasteiger partial charge is 0.493 e. The molecule has 2 nitrogen and oxygen atoms in total. The molecule has 0 atom stereocenters. The first kappa shape index (κ1) is 9.38. The number of nitrogens with two attached hydrogens (primary N) is 1. The van der Waals surface area contributed by atoms with Gasteiger partial charge < -0.3 is 10.5 Å². The van der Waals surface area contributed by atoms with Gasteiger partial charge >= 0.3 is 0 Å². The molecule has 76 valence electrons. The molecule has 0 aromatic heterocycles. The fraction of sp³-hybridized carbons (Fsp3) is 0.500. The van der Waals surface area contributed by atoms with Gasteiger partial charge in [0.05, 0.1) is 6.61 Å². The minimum Gasteiger partial charge on any atom is -0.493 e. The molecule has 2 rings (SSSR count). The van der Waals surface area contributed by atoms with E-state index in [0.717, 1.165) is 30.4 Å². The molecule has 0 unspecified atom stereocenters. The molecule has 1 fully saturated rings. The number of rotatable bonds is 4. The number of hydrogen-bond acceptors (Lipinski definition) is 2. The molecule has 0 amide bonds. The zero-order valence-electron chi connectivity index (χ0n) is 8.62. The van der Waals surface area contributed by atoms with Gasteiger partial charge in [-0.05, 0) is 48.9 Å². The van der Waals surface area contributed by atoms with E-state index in [2.05, 4.69) is 13.0 Å². The third-order valence-corrected chi connectivity index (χ3v) is 2.68. The van der Waals surface area contributed by atoms with E-state index in [1.807, 2.05) is 12.1 Å². The maximum atomic E-state index is 5.81. The zero-order chi connectivity index (χ0) is 9.97. The highest BCUT2D eigenvalue weighted by atomic mass is 16.5. The molecule has 0 radical (unpaired) electrons. The summed E-state index contributed by atoms with van der Waals surface area (Å²) in [4.78, 5) is 0. The van der Waals surface area contributed by atoms with Crippen molar-refractivity contribution in [1.82, 2.24) is 0 Å². The molecule has 1 aliphatic rings. The number of hydrogen-bond donors (Lipinski definition) is 1. The Labute approximate surface area is 85.1 Å². The lowest BCUT2D eigenvalue weighted by Gasteiger charge is -2.08. The van der Waals surface area contributed by atoms with Crippen molar-refractivity contribution in [3.05, 3.63) is 23.8 Å². The molecule has 1 aromatic carbocycles. The third-order valence-electron chi connectivity index (χ3n) is 2.68. The van der Waals surface area contributed by atoms with Gasteiger partial charge in [0.2, 0.25) is 0 Å². The summed E-state index contributed by atoms with van der Waals surface area (Å²) in [6.45, 7) is 2.98. The number of aryl methyl sites for hydroxylation is 1. The third kappa shape index (κ3) is 2.19. The molecule has 2 N–H and O–H groups in total. The van der Waals surface area contributed by atoms with E-state index in [1.165, 1.54) is 18.4 Å². The Morgan fingerprint density at radius 1 is 1.43 bits per heavy atom.